The molecule has 1 aliphatic carbocycles. The Morgan fingerprint density at radius 2 is 1.34 bits per heavy atom. The maximum Gasteiger partial charge on any atom is 0.407 e. The van der Waals surface area contributed by atoms with Gasteiger partial charge in [0.1, 0.15) is 23.7 Å². The standard InChI is InChI=1S/C49H65N9O7/c1-26-18-35(19-27(2)64-26)41(55-47(50)62-8)45(59)57(7)30(5)43-51-24-37(53-43)33-14-10-31(11-15-33)32-12-16-34(17-13-32)38-25-52-44(54-38)39-22-49(6)23-40(49)58(39)46(60)42(56-48(61)63-9)36-20-28(3)65-29(4)21-36/h10-17,24-30,35-36,39-42H,18-23H2,1-9H3,(H2,50,55)(H,51,53)(H,52,54)(H,56,61). The number of fused-ring (bicyclic) bond motifs is 1. The summed E-state index contributed by atoms with van der Waals surface area (Å²) in [4.78, 5) is 65.8. The number of hydrogen-bond donors (Lipinski definition) is 4. The van der Waals surface area contributed by atoms with Crippen molar-refractivity contribution in [1.82, 2.24) is 35.1 Å². The molecule has 3 amide bonds. The number of benzene rings is 2. The van der Waals surface area contributed by atoms with Crippen molar-refractivity contribution in [3.05, 3.63) is 72.6 Å². The molecule has 4 fully saturated rings. The predicted octanol–water partition coefficient (Wildman–Crippen LogP) is 7.17. The van der Waals surface area contributed by atoms with Crippen molar-refractivity contribution in [3.63, 3.8) is 0 Å². The van der Waals surface area contributed by atoms with Crippen LogP contribution in [0.2, 0.25) is 0 Å². The molecule has 2 aromatic heterocycles. The van der Waals surface area contributed by atoms with Crippen molar-refractivity contribution in [2.75, 3.05) is 21.3 Å². The average Bonchev–Trinajstić information content (AvgIpc) is 3.71. The molecule has 3 aliphatic heterocycles. The second-order valence-corrected chi connectivity index (χ2v) is 19.2. The Bertz CT molecular complexity index is 2340. The van der Waals surface area contributed by atoms with Crippen LogP contribution in [0.4, 0.5) is 4.79 Å². The number of alkyl carbamates (subject to hydrolysis) is 1. The van der Waals surface area contributed by atoms with E-state index in [1.54, 1.807) is 18.1 Å². The van der Waals surface area contributed by atoms with E-state index in [0.29, 0.717) is 31.5 Å². The lowest BCUT2D eigenvalue weighted by molar-refractivity contribution is -0.140. The van der Waals surface area contributed by atoms with Gasteiger partial charge in [-0.3, -0.25) is 9.59 Å². The van der Waals surface area contributed by atoms with Crippen LogP contribution in [-0.2, 0) is 28.5 Å². The Morgan fingerprint density at radius 3 is 1.89 bits per heavy atom. The lowest BCUT2D eigenvalue weighted by Gasteiger charge is -2.38. The quantitative estimate of drug-likeness (QED) is 0.0835. The van der Waals surface area contributed by atoms with E-state index in [4.69, 9.17) is 29.7 Å². The van der Waals surface area contributed by atoms with Crippen molar-refractivity contribution < 1.29 is 33.3 Å². The Kier molecular flexibility index (Phi) is 13.1. The summed E-state index contributed by atoms with van der Waals surface area (Å²) < 4.78 is 22.1. The number of rotatable bonds is 12. The zero-order valence-corrected chi connectivity index (χ0v) is 39.0. The summed E-state index contributed by atoms with van der Waals surface area (Å²) in [6.07, 6.45) is 7.46. The number of carbonyl (C=O) groups excluding carboxylic acids is 3. The maximum absolute atomic E-state index is 14.6. The fourth-order valence-electron chi connectivity index (χ4n) is 10.7. The number of aromatic nitrogens is 4. The van der Waals surface area contributed by atoms with Gasteiger partial charge in [0.2, 0.25) is 11.8 Å². The molecule has 5 N–H and O–H groups in total. The second kappa shape index (κ2) is 18.6. The monoisotopic (exact) mass is 892 g/mol. The molecule has 2 aromatic carbocycles. The van der Waals surface area contributed by atoms with Gasteiger partial charge in [-0.15, -0.1) is 0 Å². The number of likely N-dealkylation sites (tertiary alicyclic amines) is 1. The van der Waals surface area contributed by atoms with Crippen molar-refractivity contribution in [2.45, 2.75) is 135 Å². The molecule has 3 saturated heterocycles. The van der Waals surface area contributed by atoms with E-state index in [9.17, 15) is 14.4 Å². The Balaban J connectivity index is 0.930. The van der Waals surface area contributed by atoms with E-state index in [1.165, 1.54) is 14.2 Å². The Labute approximate surface area is 381 Å². The highest BCUT2D eigenvalue weighted by atomic mass is 16.5. The summed E-state index contributed by atoms with van der Waals surface area (Å²) >= 11 is 0. The van der Waals surface area contributed by atoms with Crippen LogP contribution < -0.4 is 11.1 Å². The molecule has 16 nitrogen and oxygen atoms in total. The van der Waals surface area contributed by atoms with Crippen LogP contribution in [0.5, 0.6) is 0 Å². The number of nitrogens with two attached hydrogens (primary N) is 1. The molecule has 5 heterocycles. The molecule has 4 aromatic rings. The van der Waals surface area contributed by atoms with Gasteiger partial charge in [0.15, 0.2) is 0 Å². The van der Waals surface area contributed by atoms with Crippen LogP contribution in [0.25, 0.3) is 33.6 Å². The molecule has 348 valence electrons. The zero-order chi connectivity index (χ0) is 46.3. The summed E-state index contributed by atoms with van der Waals surface area (Å²) in [7, 11) is 4.54. The smallest absolute Gasteiger partial charge is 0.407 e. The first-order chi connectivity index (χ1) is 31.0. The van der Waals surface area contributed by atoms with Crippen LogP contribution in [-0.4, -0.2) is 117 Å². The van der Waals surface area contributed by atoms with Crippen molar-refractivity contribution in [3.8, 4) is 33.6 Å². The fourth-order valence-corrected chi connectivity index (χ4v) is 10.7. The number of hydrogen-bond acceptors (Lipinski definition) is 10. The predicted molar refractivity (Wildman–Crippen MR) is 246 cm³/mol. The number of H-pyrrole nitrogens is 2. The van der Waals surface area contributed by atoms with Gasteiger partial charge in [-0.25, -0.2) is 19.8 Å². The maximum atomic E-state index is 14.6. The normalized spacial score (nSPS) is 29.0. The Morgan fingerprint density at radius 1 is 0.815 bits per heavy atom. The summed E-state index contributed by atoms with van der Waals surface area (Å²) in [5, 5.41) is 2.90. The highest BCUT2D eigenvalue weighted by Gasteiger charge is 2.64. The third-order valence-corrected chi connectivity index (χ3v) is 14.3. The van der Waals surface area contributed by atoms with Crippen LogP contribution in [0, 0.1) is 17.3 Å². The number of ether oxygens (including phenoxy) is 4. The number of amidine groups is 1. The number of likely N-dealkylation sites (N-methyl/N-ethyl adjacent to an activating group) is 1. The number of methoxy groups -OCH3 is 2. The third kappa shape index (κ3) is 9.65. The number of piperidine rings is 1. The molecule has 0 bridgehead atoms. The van der Waals surface area contributed by atoms with E-state index in [1.807, 2.05) is 45.7 Å². The Hall–Kier alpha value is -5.74. The molecule has 8 rings (SSSR count). The highest BCUT2D eigenvalue weighted by Crippen LogP contribution is 2.63. The van der Waals surface area contributed by atoms with Crippen molar-refractivity contribution in [2.24, 2.45) is 28.0 Å². The van der Waals surface area contributed by atoms with Crippen LogP contribution >= 0.6 is 0 Å². The van der Waals surface area contributed by atoms with E-state index < -0.39 is 18.2 Å². The minimum atomic E-state index is -0.722. The number of nitrogens with zero attached hydrogens (tertiary/aromatic N) is 5. The van der Waals surface area contributed by atoms with Gasteiger partial charge in [0, 0.05) is 13.1 Å². The zero-order valence-electron chi connectivity index (χ0n) is 39.0. The number of nitrogens with one attached hydrogen (secondary N) is 3. The van der Waals surface area contributed by atoms with Gasteiger partial charge in [-0.2, -0.15) is 0 Å². The minimum Gasteiger partial charge on any atom is -0.469 e. The van der Waals surface area contributed by atoms with Crippen LogP contribution in [0.1, 0.15) is 104 Å². The molecular formula is C49H65N9O7. The minimum absolute atomic E-state index is 0.00845. The molecule has 10 atom stereocenters. The van der Waals surface area contributed by atoms with Crippen molar-refractivity contribution >= 4 is 23.9 Å². The lowest BCUT2D eigenvalue weighted by Crippen LogP contribution is -2.55. The van der Waals surface area contributed by atoms with E-state index in [-0.39, 0.29) is 77.6 Å². The summed E-state index contributed by atoms with van der Waals surface area (Å²) in [6.45, 7) is 12.2. The van der Waals surface area contributed by atoms with E-state index >= 15 is 0 Å². The first-order valence-electron chi connectivity index (χ1n) is 23.0. The van der Waals surface area contributed by atoms with Gasteiger partial charge in [0.25, 0.3) is 6.02 Å². The van der Waals surface area contributed by atoms with E-state index in [0.717, 1.165) is 52.3 Å². The van der Waals surface area contributed by atoms with E-state index in [2.05, 4.69) is 80.7 Å². The summed E-state index contributed by atoms with van der Waals surface area (Å²) in [5.74, 6) is 1.04. The molecule has 1 saturated carbocycles. The number of aliphatic imine (C=N–C) groups is 1. The van der Waals surface area contributed by atoms with Gasteiger partial charge >= 0.3 is 6.09 Å². The van der Waals surface area contributed by atoms with Gasteiger partial charge in [-0.1, -0.05) is 55.5 Å². The van der Waals surface area contributed by atoms with Crippen LogP contribution in [0.3, 0.4) is 0 Å². The average molecular weight is 892 g/mol. The number of aromatic amines is 2. The lowest BCUT2D eigenvalue weighted by atomic mass is 9.85. The summed E-state index contributed by atoms with van der Waals surface area (Å²) in [5.41, 5.74) is 11.7. The molecule has 4 aliphatic rings. The van der Waals surface area contributed by atoms with Gasteiger partial charge < -0.3 is 49.8 Å². The molecule has 10 unspecified atom stereocenters. The second-order valence-electron chi connectivity index (χ2n) is 19.2. The van der Waals surface area contributed by atoms with Gasteiger partial charge in [0.05, 0.1) is 74.5 Å². The molecule has 65 heavy (non-hydrogen) atoms. The van der Waals surface area contributed by atoms with Gasteiger partial charge in [-0.05, 0) is 113 Å². The number of imidazole rings is 2. The van der Waals surface area contributed by atoms with Crippen LogP contribution in [0.15, 0.2) is 65.9 Å². The topological polar surface area (TPSA) is 202 Å². The first kappa shape index (κ1) is 45.8. The SMILES string of the molecule is COC(=O)NC(C(=O)N1C(c2ncc(-c3ccc(-c4ccc(-c5cnc(C(C)N(C)C(=O)C(N=C(N)OC)C6CC(C)OC(C)C6)[nH]5)cc4)cc3)[nH]2)CC2(C)CC12)C1CC(C)OC(C)C1. The molecule has 16 heteroatoms. The van der Waals surface area contributed by atoms with Crippen molar-refractivity contribution in [1.29, 1.82) is 0 Å². The number of carbonyl (C=O) groups is 3. The third-order valence-electron chi connectivity index (χ3n) is 14.3. The highest BCUT2D eigenvalue weighted by molar-refractivity contribution is 5.88. The molecule has 0 spiro atoms. The first-order valence-corrected chi connectivity index (χ1v) is 23.0. The molecule has 0 radical (unpaired) electrons. The fraction of sp³-hybridized carbons (Fsp3) is 0.551. The number of amides is 3. The molecular weight excluding hydrogens is 827 g/mol. The summed E-state index contributed by atoms with van der Waals surface area (Å²) in [6, 6.07) is 14.6. The largest absolute Gasteiger partial charge is 0.469 e.